The van der Waals surface area contributed by atoms with Crippen LogP contribution in [0.15, 0.2) is 36.5 Å². The highest BCUT2D eigenvalue weighted by Gasteiger charge is 2.16. The summed E-state index contributed by atoms with van der Waals surface area (Å²) in [5, 5.41) is 11.6. The van der Waals surface area contributed by atoms with Gasteiger partial charge in [0.25, 0.3) is 0 Å². The minimum Gasteiger partial charge on any atom is -0.482 e. The number of methoxy groups -OCH3 is 1. The summed E-state index contributed by atoms with van der Waals surface area (Å²) in [4.78, 5) is 14.6. The zero-order chi connectivity index (χ0) is 15.2. The minimum absolute atomic E-state index is 0.0671. The molecule has 21 heavy (non-hydrogen) atoms. The standard InChI is InChI=1S/C14H13BrN2O4/c1-20-14-11(3-2-6-16-14)9-21-13-7-10(8-15)4-5-12(13)17(18)19/h2-7H,8-9H2,1H3. The number of pyridine rings is 1. The summed E-state index contributed by atoms with van der Waals surface area (Å²) < 4.78 is 10.7. The van der Waals surface area contributed by atoms with Crippen molar-refractivity contribution in [3.63, 3.8) is 0 Å². The smallest absolute Gasteiger partial charge is 0.310 e. The predicted molar refractivity (Wildman–Crippen MR) is 80.8 cm³/mol. The van der Waals surface area contributed by atoms with Crippen LogP contribution in [0.3, 0.4) is 0 Å². The molecule has 0 aliphatic heterocycles. The third kappa shape index (κ3) is 3.69. The Balaban J connectivity index is 2.24. The normalized spacial score (nSPS) is 10.2. The van der Waals surface area contributed by atoms with Gasteiger partial charge in [-0.1, -0.05) is 22.0 Å². The van der Waals surface area contributed by atoms with Crippen LogP contribution in [-0.2, 0) is 11.9 Å². The molecule has 1 aromatic heterocycles. The molecule has 0 saturated heterocycles. The molecular formula is C14H13BrN2O4. The maximum absolute atomic E-state index is 11.0. The molecule has 110 valence electrons. The number of ether oxygens (including phenoxy) is 2. The molecule has 7 heteroatoms. The third-order valence-electron chi connectivity index (χ3n) is 2.80. The first kappa shape index (κ1) is 15.2. The first-order valence-corrected chi connectivity index (χ1v) is 7.21. The van der Waals surface area contributed by atoms with E-state index in [0.717, 1.165) is 11.1 Å². The van der Waals surface area contributed by atoms with Crippen molar-refractivity contribution in [2.24, 2.45) is 0 Å². The molecule has 0 atom stereocenters. The molecule has 2 aromatic rings. The first-order chi connectivity index (χ1) is 10.2. The Labute approximate surface area is 130 Å². The van der Waals surface area contributed by atoms with Crippen molar-refractivity contribution in [2.45, 2.75) is 11.9 Å². The largest absolute Gasteiger partial charge is 0.482 e. The van der Waals surface area contributed by atoms with Gasteiger partial charge in [0.05, 0.1) is 17.6 Å². The summed E-state index contributed by atoms with van der Waals surface area (Å²) in [6.45, 7) is 0.142. The summed E-state index contributed by atoms with van der Waals surface area (Å²) in [6.07, 6.45) is 1.61. The van der Waals surface area contributed by atoms with Gasteiger partial charge in [0.15, 0.2) is 5.75 Å². The molecule has 0 amide bonds. The molecule has 2 rings (SSSR count). The quantitative estimate of drug-likeness (QED) is 0.452. The average Bonchev–Trinajstić information content (AvgIpc) is 2.52. The molecule has 0 saturated carbocycles. The van der Waals surface area contributed by atoms with Crippen LogP contribution in [0.4, 0.5) is 5.69 Å². The van der Waals surface area contributed by atoms with Crippen LogP contribution < -0.4 is 9.47 Å². The van der Waals surface area contributed by atoms with Crippen LogP contribution >= 0.6 is 15.9 Å². The predicted octanol–water partition coefficient (Wildman–Crippen LogP) is 3.47. The van der Waals surface area contributed by atoms with E-state index in [0.29, 0.717) is 11.2 Å². The van der Waals surface area contributed by atoms with E-state index in [1.807, 2.05) is 0 Å². The van der Waals surface area contributed by atoms with Gasteiger partial charge in [-0.15, -0.1) is 0 Å². The van der Waals surface area contributed by atoms with Gasteiger partial charge in [0, 0.05) is 17.6 Å². The maximum Gasteiger partial charge on any atom is 0.310 e. The van der Waals surface area contributed by atoms with Crippen LogP contribution in [0.1, 0.15) is 11.1 Å². The van der Waals surface area contributed by atoms with Gasteiger partial charge in [-0.25, -0.2) is 4.98 Å². The topological polar surface area (TPSA) is 74.5 Å². The third-order valence-corrected chi connectivity index (χ3v) is 3.45. The number of halogens is 1. The second-order valence-electron chi connectivity index (χ2n) is 4.15. The Morgan fingerprint density at radius 1 is 1.38 bits per heavy atom. The fourth-order valence-corrected chi connectivity index (χ4v) is 2.13. The van der Waals surface area contributed by atoms with E-state index in [2.05, 4.69) is 20.9 Å². The highest BCUT2D eigenvalue weighted by Crippen LogP contribution is 2.30. The fraction of sp³-hybridized carbons (Fsp3) is 0.214. The molecule has 0 fully saturated rings. The second kappa shape index (κ2) is 7.03. The molecule has 0 spiro atoms. The highest BCUT2D eigenvalue weighted by molar-refractivity contribution is 9.08. The van der Waals surface area contributed by atoms with Gasteiger partial charge in [0.1, 0.15) is 6.61 Å². The second-order valence-corrected chi connectivity index (χ2v) is 4.71. The molecule has 0 bridgehead atoms. The lowest BCUT2D eigenvalue weighted by Gasteiger charge is -2.10. The van der Waals surface area contributed by atoms with E-state index in [9.17, 15) is 10.1 Å². The Morgan fingerprint density at radius 2 is 2.19 bits per heavy atom. The van der Waals surface area contributed by atoms with Gasteiger partial charge < -0.3 is 9.47 Å². The van der Waals surface area contributed by atoms with Crippen molar-refractivity contribution in [2.75, 3.05) is 7.11 Å². The summed E-state index contributed by atoms with van der Waals surface area (Å²) in [5.74, 6) is 0.666. The Hall–Kier alpha value is -2.15. The van der Waals surface area contributed by atoms with E-state index in [1.54, 1.807) is 30.5 Å². The van der Waals surface area contributed by atoms with Gasteiger partial charge >= 0.3 is 5.69 Å². The van der Waals surface area contributed by atoms with E-state index >= 15 is 0 Å². The number of nitro groups is 1. The number of hydrogen-bond acceptors (Lipinski definition) is 5. The van der Waals surface area contributed by atoms with E-state index < -0.39 is 4.92 Å². The van der Waals surface area contributed by atoms with E-state index in [1.165, 1.54) is 13.2 Å². The fourth-order valence-electron chi connectivity index (χ4n) is 1.78. The van der Waals surface area contributed by atoms with Crippen molar-refractivity contribution >= 4 is 21.6 Å². The number of hydrogen-bond donors (Lipinski definition) is 0. The molecule has 0 aliphatic rings. The number of rotatable bonds is 6. The van der Waals surface area contributed by atoms with Crippen LogP contribution in [-0.4, -0.2) is 17.0 Å². The lowest BCUT2D eigenvalue weighted by atomic mass is 10.2. The van der Waals surface area contributed by atoms with E-state index in [-0.39, 0.29) is 18.0 Å². The summed E-state index contributed by atoms with van der Waals surface area (Å²) in [5.41, 5.74) is 1.55. The van der Waals surface area contributed by atoms with Crippen LogP contribution in [0.25, 0.3) is 0 Å². The zero-order valence-electron chi connectivity index (χ0n) is 11.3. The summed E-state index contributed by atoms with van der Waals surface area (Å²) in [6, 6.07) is 8.32. The van der Waals surface area contributed by atoms with Crippen molar-refractivity contribution in [3.05, 3.63) is 57.8 Å². The SMILES string of the molecule is COc1ncccc1COc1cc(CBr)ccc1[N+](=O)[O-]. The number of alkyl halides is 1. The molecule has 0 radical (unpaired) electrons. The van der Waals surface area contributed by atoms with Crippen LogP contribution in [0.2, 0.25) is 0 Å². The molecule has 0 unspecified atom stereocenters. The Morgan fingerprint density at radius 3 is 2.86 bits per heavy atom. The maximum atomic E-state index is 11.0. The molecule has 1 aromatic carbocycles. The highest BCUT2D eigenvalue weighted by atomic mass is 79.9. The van der Waals surface area contributed by atoms with Crippen molar-refractivity contribution in [1.82, 2.24) is 4.98 Å². The van der Waals surface area contributed by atoms with Crippen molar-refractivity contribution in [3.8, 4) is 11.6 Å². The summed E-state index contributed by atoms with van der Waals surface area (Å²) >= 11 is 3.32. The van der Waals surface area contributed by atoms with Crippen LogP contribution in [0, 0.1) is 10.1 Å². The van der Waals surface area contributed by atoms with Crippen molar-refractivity contribution in [1.29, 1.82) is 0 Å². The van der Waals surface area contributed by atoms with Gasteiger partial charge in [-0.2, -0.15) is 0 Å². The lowest BCUT2D eigenvalue weighted by molar-refractivity contribution is -0.386. The van der Waals surface area contributed by atoms with Crippen molar-refractivity contribution < 1.29 is 14.4 Å². The Bertz CT molecular complexity index is 649. The molecule has 1 heterocycles. The molecule has 0 aliphatic carbocycles. The first-order valence-electron chi connectivity index (χ1n) is 6.09. The van der Waals surface area contributed by atoms with Gasteiger partial charge in [-0.3, -0.25) is 10.1 Å². The lowest BCUT2D eigenvalue weighted by Crippen LogP contribution is -2.02. The van der Waals surface area contributed by atoms with Crippen LogP contribution in [0.5, 0.6) is 11.6 Å². The number of nitro benzene ring substituents is 1. The zero-order valence-corrected chi connectivity index (χ0v) is 12.9. The number of benzene rings is 1. The van der Waals surface area contributed by atoms with Gasteiger partial charge in [-0.05, 0) is 23.8 Å². The molecular weight excluding hydrogens is 340 g/mol. The molecule has 0 N–H and O–H groups in total. The summed E-state index contributed by atoms with van der Waals surface area (Å²) in [7, 11) is 1.51. The average molecular weight is 353 g/mol. The number of aromatic nitrogens is 1. The van der Waals surface area contributed by atoms with E-state index in [4.69, 9.17) is 9.47 Å². The number of nitrogens with zero attached hydrogens (tertiary/aromatic N) is 2. The minimum atomic E-state index is -0.464. The molecule has 6 nitrogen and oxygen atoms in total. The Kier molecular flexibility index (Phi) is 5.10. The monoisotopic (exact) mass is 352 g/mol. The van der Waals surface area contributed by atoms with Gasteiger partial charge in [0.2, 0.25) is 5.88 Å².